The summed E-state index contributed by atoms with van der Waals surface area (Å²) in [4.78, 5) is 2.32. The van der Waals surface area contributed by atoms with Crippen LogP contribution in [0.4, 0.5) is 0 Å². The zero-order valence-corrected chi connectivity index (χ0v) is 13.0. The zero-order valence-electron chi connectivity index (χ0n) is 13.0. The monoisotopic (exact) mass is 303 g/mol. The summed E-state index contributed by atoms with van der Waals surface area (Å²) in [7, 11) is 0. The lowest BCUT2D eigenvalue weighted by atomic mass is 9.76. The standard InChI is InChI=1S/C18H25NO3/c1-2-3-15-10-14(11-20)4-5-17(15)22-13-18(21)12-19-8-6-16(18)7-9-19/h2,4-5,10,16,20-21H,1,3,6-9,11-13H2. The summed E-state index contributed by atoms with van der Waals surface area (Å²) in [5, 5.41) is 20.2. The van der Waals surface area contributed by atoms with Crippen molar-refractivity contribution in [2.24, 2.45) is 5.92 Å². The smallest absolute Gasteiger partial charge is 0.122 e. The molecular weight excluding hydrogens is 278 g/mol. The molecule has 22 heavy (non-hydrogen) atoms. The summed E-state index contributed by atoms with van der Waals surface area (Å²) in [6, 6.07) is 5.69. The van der Waals surface area contributed by atoms with Crippen LogP contribution in [0.5, 0.6) is 5.75 Å². The second kappa shape index (κ2) is 6.41. The topological polar surface area (TPSA) is 52.9 Å². The minimum absolute atomic E-state index is 0.0192. The van der Waals surface area contributed by atoms with E-state index in [1.807, 2.05) is 24.3 Å². The number of nitrogens with zero attached hydrogens (tertiary/aromatic N) is 1. The Labute approximate surface area is 132 Å². The van der Waals surface area contributed by atoms with Crippen molar-refractivity contribution in [1.29, 1.82) is 0 Å². The van der Waals surface area contributed by atoms with Gasteiger partial charge in [0.2, 0.25) is 0 Å². The molecule has 120 valence electrons. The van der Waals surface area contributed by atoms with Gasteiger partial charge in [0.15, 0.2) is 0 Å². The number of aliphatic hydroxyl groups excluding tert-OH is 1. The number of hydrogen-bond acceptors (Lipinski definition) is 4. The molecule has 1 aromatic carbocycles. The van der Waals surface area contributed by atoms with Crippen LogP contribution < -0.4 is 4.74 Å². The predicted octanol–water partition coefficient (Wildman–Crippen LogP) is 1.74. The van der Waals surface area contributed by atoms with Gasteiger partial charge in [0.1, 0.15) is 18.0 Å². The lowest BCUT2D eigenvalue weighted by Crippen LogP contribution is -2.61. The number of aliphatic hydroxyl groups is 2. The fraction of sp³-hybridized carbons (Fsp3) is 0.556. The maximum atomic E-state index is 10.9. The highest BCUT2D eigenvalue weighted by molar-refractivity contribution is 5.38. The largest absolute Gasteiger partial charge is 0.490 e. The second-order valence-electron chi connectivity index (χ2n) is 6.54. The predicted molar refractivity (Wildman–Crippen MR) is 85.9 cm³/mol. The zero-order chi connectivity index (χ0) is 15.6. The SMILES string of the molecule is C=CCc1cc(CO)ccc1OCC1(O)CN2CCC1CC2. The third-order valence-electron chi connectivity index (χ3n) is 4.99. The van der Waals surface area contributed by atoms with E-state index < -0.39 is 5.60 Å². The number of hydrogen-bond donors (Lipinski definition) is 2. The van der Waals surface area contributed by atoms with Gasteiger partial charge < -0.3 is 19.8 Å². The Morgan fingerprint density at radius 2 is 2.14 bits per heavy atom. The van der Waals surface area contributed by atoms with Crippen molar-refractivity contribution in [2.75, 3.05) is 26.2 Å². The van der Waals surface area contributed by atoms with Gasteiger partial charge in [0.25, 0.3) is 0 Å². The summed E-state index contributed by atoms with van der Waals surface area (Å²) in [6.45, 7) is 7.03. The first-order valence-electron chi connectivity index (χ1n) is 8.06. The molecule has 3 aliphatic heterocycles. The molecule has 2 N–H and O–H groups in total. The van der Waals surface area contributed by atoms with E-state index in [0.717, 1.165) is 42.8 Å². The van der Waals surface area contributed by atoms with Crippen molar-refractivity contribution in [3.8, 4) is 5.75 Å². The first-order valence-corrected chi connectivity index (χ1v) is 8.06. The van der Waals surface area contributed by atoms with E-state index in [-0.39, 0.29) is 6.61 Å². The van der Waals surface area contributed by atoms with Gasteiger partial charge in [-0.15, -0.1) is 6.58 Å². The van der Waals surface area contributed by atoms with Crippen molar-refractivity contribution in [3.05, 3.63) is 42.0 Å². The van der Waals surface area contributed by atoms with Crippen LogP contribution in [0, 0.1) is 5.92 Å². The molecule has 0 spiro atoms. The normalized spacial score (nSPS) is 30.3. The highest BCUT2D eigenvalue weighted by Crippen LogP contribution is 2.36. The Balaban J connectivity index is 1.72. The number of fused-ring (bicyclic) bond motifs is 3. The molecule has 3 heterocycles. The van der Waals surface area contributed by atoms with Gasteiger partial charge in [-0.1, -0.05) is 12.1 Å². The molecule has 0 aromatic heterocycles. The molecule has 4 heteroatoms. The van der Waals surface area contributed by atoms with Crippen molar-refractivity contribution >= 4 is 0 Å². The van der Waals surface area contributed by atoms with Crippen LogP contribution >= 0.6 is 0 Å². The molecule has 0 saturated carbocycles. The van der Waals surface area contributed by atoms with Crippen molar-refractivity contribution < 1.29 is 14.9 Å². The third kappa shape index (κ3) is 3.05. The van der Waals surface area contributed by atoms with Gasteiger partial charge in [-0.2, -0.15) is 0 Å². The minimum Gasteiger partial charge on any atom is -0.490 e. The highest BCUT2D eigenvalue weighted by atomic mass is 16.5. The van der Waals surface area contributed by atoms with Crippen molar-refractivity contribution in [1.82, 2.24) is 4.90 Å². The van der Waals surface area contributed by atoms with E-state index in [4.69, 9.17) is 4.74 Å². The van der Waals surface area contributed by atoms with E-state index in [0.29, 0.717) is 25.5 Å². The van der Waals surface area contributed by atoms with E-state index in [1.165, 1.54) is 0 Å². The summed E-state index contributed by atoms with van der Waals surface area (Å²) >= 11 is 0. The van der Waals surface area contributed by atoms with Crippen LogP contribution in [0.25, 0.3) is 0 Å². The molecule has 3 saturated heterocycles. The Morgan fingerprint density at radius 1 is 1.36 bits per heavy atom. The third-order valence-corrected chi connectivity index (χ3v) is 4.99. The van der Waals surface area contributed by atoms with Crippen LogP contribution in [0.1, 0.15) is 24.0 Å². The Bertz CT molecular complexity index is 537. The lowest BCUT2D eigenvalue weighted by Gasteiger charge is -2.50. The molecule has 0 radical (unpaired) electrons. The van der Waals surface area contributed by atoms with Crippen LogP contribution in [-0.2, 0) is 13.0 Å². The molecule has 1 aromatic rings. The van der Waals surface area contributed by atoms with Gasteiger partial charge in [-0.05, 0) is 61.5 Å². The minimum atomic E-state index is -0.738. The maximum Gasteiger partial charge on any atom is 0.122 e. The van der Waals surface area contributed by atoms with Gasteiger partial charge in [0.05, 0.1) is 6.61 Å². The molecule has 4 nitrogen and oxygen atoms in total. The molecular formula is C18H25NO3. The van der Waals surface area contributed by atoms with Crippen molar-refractivity contribution in [3.63, 3.8) is 0 Å². The van der Waals surface area contributed by atoms with E-state index in [2.05, 4.69) is 11.5 Å². The van der Waals surface area contributed by atoms with Gasteiger partial charge in [0, 0.05) is 6.54 Å². The number of benzene rings is 1. The molecule has 3 aliphatic rings. The van der Waals surface area contributed by atoms with Gasteiger partial charge in [-0.25, -0.2) is 0 Å². The van der Waals surface area contributed by atoms with E-state index >= 15 is 0 Å². The van der Waals surface area contributed by atoms with Crippen molar-refractivity contribution in [2.45, 2.75) is 31.5 Å². The lowest BCUT2D eigenvalue weighted by molar-refractivity contribution is -0.131. The molecule has 0 aliphatic carbocycles. The molecule has 2 bridgehead atoms. The van der Waals surface area contributed by atoms with Crippen LogP contribution in [-0.4, -0.2) is 47.0 Å². The molecule has 4 rings (SSSR count). The van der Waals surface area contributed by atoms with Crippen LogP contribution in [0.3, 0.4) is 0 Å². The van der Waals surface area contributed by atoms with E-state index in [1.54, 1.807) is 0 Å². The van der Waals surface area contributed by atoms with Gasteiger partial charge in [-0.3, -0.25) is 0 Å². The first-order chi connectivity index (χ1) is 10.6. The average Bonchev–Trinajstić information content (AvgIpc) is 2.55. The number of ether oxygens (including phenoxy) is 1. The molecule has 1 unspecified atom stereocenters. The average molecular weight is 303 g/mol. The van der Waals surface area contributed by atoms with E-state index in [9.17, 15) is 10.2 Å². The summed E-state index contributed by atoms with van der Waals surface area (Å²) in [6.07, 6.45) is 4.63. The van der Waals surface area contributed by atoms with Crippen LogP contribution in [0.15, 0.2) is 30.9 Å². The highest BCUT2D eigenvalue weighted by Gasteiger charge is 2.46. The quantitative estimate of drug-likeness (QED) is 0.786. The Hall–Kier alpha value is -1.36. The number of rotatable bonds is 6. The summed E-state index contributed by atoms with van der Waals surface area (Å²) in [5.74, 6) is 1.12. The first kappa shape index (κ1) is 15.5. The molecule has 1 atom stereocenters. The number of piperidine rings is 3. The number of allylic oxidation sites excluding steroid dienone is 1. The fourth-order valence-electron chi connectivity index (χ4n) is 3.70. The van der Waals surface area contributed by atoms with Gasteiger partial charge >= 0.3 is 0 Å². The molecule has 0 amide bonds. The maximum absolute atomic E-state index is 10.9. The summed E-state index contributed by atoms with van der Waals surface area (Å²) < 4.78 is 5.98. The van der Waals surface area contributed by atoms with Crippen LogP contribution in [0.2, 0.25) is 0 Å². The Kier molecular flexibility index (Phi) is 4.52. The molecule has 3 fully saturated rings. The summed E-state index contributed by atoms with van der Waals surface area (Å²) in [5.41, 5.74) is 1.13. The Morgan fingerprint density at radius 3 is 2.73 bits per heavy atom. The fourth-order valence-corrected chi connectivity index (χ4v) is 3.70. The second-order valence-corrected chi connectivity index (χ2v) is 6.54.